The van der Waals surface area contributed by atoms with Crippen molar-refractivity contribution in [3.8, 4) is 0 Å². The highest BCUT2D eigenvalue weighted by molar-refractivity contribution is 5.08. The van der Waals surface area contributed by atoms with Gasteiger partial charge in [-0.3, -0.25) is 0 Å². The Kier molecular flexibility index (Phi) is 4.89. The van der Waals surface area contributed by atoms with E-state index in [1.165, 1.54) is 12.1 Å². The van der Waals surface area contributed by atoms with Gasteiger partial charge in [-0.15, -0.1) is 0 Å². The van der Waals surface area contributed by atoms with Crippen molar-refractivity contribution in [3.63, 3.8) is 0 Å². The van der Waals surface area contributed by atoms with Gasteiger partial charge in [-0.2, -0.15) is 0 Å². The smallest absolute Gasteiger partial charge is 0.0359 e. The van der Waals surface area contributed by atoms with E-state index < -0.39 is 0 Å². The van der Waals surface area contributed by atoms with Crippen molar-refractivity contribution in [3.05, 3.63) is 24.0 Å². The summed E-state index contributed by atoms with van der Waals surface area (Å²) in [6.45, 7) is 11.0. The maximum atomic E-state index is 3.49. The molecule has 0 aromatic carbocycles. The van der Waals surface area contributed by atoms with Crippen LogP contribution in [-0.2, 0) is 6.54 Å². The van der Waals surface area contributed by atoms with Crippen molar-refractivity contribution in [2.24, 2.45) is 5.92 Å². The predicted molar refractivity (Wildman–Crippen MR) is 66.0 cm³/mol. The Bertz CT molecular complexity index is 276. The summed E-state index contributed by atoms with van der Waals surface area (Å²) in [5, 5.41) is 3.49. The molecule has 0 amide bonds. The Morgan fingerprint density at radius 2 is 2.07 bits per heavy atom. The van der Waals surface area contributed by atoms with Crippen LogP contribution >= 0.6 is 0 Å². The number of rotatable bonds is 6. The van der Waals surface area contributed by atoms with Crippen LogP contribution in [0.2, 0.25) is 0 Å². The number of hydrogen-bond acceptors (Lipinski definition) is 1. The largest absolute Gasteiger partial charge is 0.347 e. The van der Waals surface area contributed by atoms with Gasteiger partial charge in [0.1, 0.15) is 0 Å². The second kappa shape index (κ2) is 5.96. The van der Waals surface area contributed by atoms with E-state index in [9.17, 15) is 0 Å². The van der Waals surface area contributed by atoms with Crippen LogP contribution in [0.25, 0.3) is 0 Å². The molecule has 1 aromatic heterocycles. The quantitative estimate of drug-likeness (QED) is 0.759. The van der Waals surface area contributed by atoms with E-state index in [4.69, 9.17) is 0 Å². The summed E-state index contributed by atoms with van der Waals surface area (Å²) < 4.78 is 2.37. The summed E-state index contributed by atoms with van der Waals surface area (Å²) in [6.07, 6.45) is 3.37. The molecule has 15 heavy (non-hydrogen) atoms. The molecule has 1 heterocycles. The van der Waals surface area contributed by atoms with Crippen LogP contribution in [0.15, 0.2) is 18.3 Å². The molecule has 0 spiro atoms. The minimum atomic E-state index is 0.607. The Hall–Kier alpha value is -0.760. The Morgan fingerprint density at radius 3 is 2.67 bits per heavy atom. The first-order valence-electron chi connectivity index (χ1n) is 6.01. The maximum absolute atomic E-state index is 3.49. The monoisotopic (exact) mass is 208 g/mol. The highest BCUT2D eigenvalue weighted by Crippen LogP contribution is 2.14. The van der Waals surface area contributed by atoms with Crippen LogP contribution in [0, 0.1) is 5.92 Å². The van der Waals surface area contributed by atoms with Gasteiger partial charge in [-0.1, -0.05) is 20.8 Å². The Balaban J connectivity index is 2.50. The van der Waals surface area contributed by atoms with Crippen LogP contribution in [0.3, 0.4) is 0 Å². The molecule has 0 fully saturated rings. The first-order valence-corrected chi connectivity index (χ1v) is 6.01. The zero-order valence-electron chi connectivity index (χ0n) is 10.5. The van der Waals surface area contributed by atoms with E-state index in [1.807, 2.05) is 0 Å². The van der Waals surface area contributed by atoms with Gasteiger partial charge in [0, 0.05) is 24.5 Å². The zero-order valence-corrected chi connectivity index (χ0v) is 10.5. The average molecular weight is 208 g/mol. The van der Waals surface area contributed by atoms with Crippen LogP contribution in [0.1, 0.15) is 45.9 Å². The first kappa shape index (κ1) is 12.3. The van der Waals surface area contributed by atoms with Gasteiger partial charge in [-0.05, 0) is 37.9 Å². The van der Waals surface area contributed by atoms with Crippen molar-refractivity contribution >= 4 is 0 Å². The molecule has 0 radical (unpaired) electrons. The lowest BCUT2D eigenvalue weighted by molar-refractivity contribution is 0.488. The fraction of sp³-hybridized carbons (Fsp3) is 0.692. The molecule has 0 saturated heterocycles. The molecule has 86 valence electrons. The number of nitrogens with one attached hydrogen (secondary N) is 1. The van der Waals surface area contributed by atoms with E-state index in [1.54, 1.807) is 0 Å². The predicted octanol–water partition coefficient (Wildman–Crippen LogP) is 3.20. The number of hydrogen-bond donors (Lipinski definition) is 1. The van der Waals surface area contributed by atoms with Crippen molar-refractivity contribution < 1.29 is 0 Å². The molecular formula is C13H24N2. The Morgan fingerprint density at radius 1 is 1.33 bits per heavy atom. The molecule has 2 nitrogen and oxygen atoms in total. The van der Waals surface area contributed by atoms with Crippen molar-refractivity contribution in [2.75, 3.05) is 6.54 Å². The van der Waals surface area contributed by atoms with Crippen molar-refractivity contribution in [2.45, 2.75) is 46.7 Å². The molecule has 0 bridgehead atoms. The molecule has 1 aromatic rings. The third-order valence-corrected chi connectivity index (χ3v) is 2.79. The third kappa shape index (κ3) is 3.71. The van der Waals surface area contributed by atoms with Crippen molar-refractivity contribution in [1.82, 2.24) is 9.88 Å². The van der Waals surface area contributed by atoms with E-state index in [2.05, 4.69) is 55.9 Å². The SMILES string of the molecule is CCC(C)n1cccc1CNCC(C)C. The molecule has 1 N–H and O–H groups in total. The molecule has 0 saturated carbocycles. The highest BCUT2D eigenvalue weighted by atomic mass is 15.0. The summed E-state index contributed by atoms with van der Waals surface area (Å²) >= 11 is 0. The highest BCUT2D eigenvalue weighted by Gasteiger charge is 2.05. The van der Waals surface area contributed by atoms with E-state index in [0.29, 0.717) is 6.04 Å². The number of aromatic nitrogens is 1. The summed E-state index contributed by atoms with van der Waals surface area (Å²) in [6, 6.07) is 4.95. The molecule has 0 aliphatic carbocycles. The Labute approximate surface area is 93.7 Å². The summed E-state index contributed by atoms with van der Waals surface area (Å²) in [5.74, 6) is 0.719. The molecule has 0 aliphatic rings. The molecule has 0 aliphatic heterocycles. The number of nitrogens with zero attached hydrogens (tertiary/aromatic N) is 1. The van der Waals surface area contributed by atoms with Crippen LogP contribution in [0.5, 0.6) is 0 Å². The minimum absolute atomic E-state index is 0.607. The molecule has 1 rings (SSSR count). The fourth-order valence-corrected chi connectivity index (χ4v) is 1.69. The second-order valence-corrected chi connectivity index (χ2v) is 4.69. The third-order valence-electron chi connectivity index (χ3n) is 2.79. The average Bonchev–Trinajstić information content (AvgIpc) is 2.64. The van der Waals surface area contributed by atoms with E-state index in [-0.39, 0.29) is 0 Å². The van der Waals surface area contributed by atoms with Gasteiger partial charge in [0.2, 0.25) is 0 Å². The maximum Gasteiger partial charge on any atom is 0.0359 e. The molecule has 1 unspecified atom stereocenters. The summed E-state index contributed by atoms with van der Waals surface area (Å²) in [4.78, 5) is 0. The van der Waals surface area contributed by atoms with Gasteiger partial charge in [0.25, 0.3) is 0 Å². The van der Waals surface area contributed by atoms with E-state index >= 15 is 0 Å². The second-order valence-electron chi connectivity index (χ2n) is 4.69. The van der Waals surface area contributed by atoms with Crippen LogP contribution < -0.4 is 5.32 Å². The lowest BCUT2D eigenvalue weighted by atomic mass is 10.2. The lowest BCUT2D eigenvalue weighted by Crippen LogP contribution is -2.21. The first-order chi connectivity index (χ1) is 7.15. The fourth-order valence-electron chi connectivity index (χ4n) is 1.69. The van der Waals surface area contributed by atoms with Crippen LogP contribution in [0.4, 0.5) is 0 Å². The molecular weight excluding hydrogens is 184 g/mol. The van der Waals surface area contributed by atoms with Gasteiger partial charge < -0.3 is 9.88 Å². The molecule has 1 atom stereocenters. The topological polar surface area (TPSA) is 17.0 Å². The van der Waals surface area contributed by atoms with Crippen LogP contribution in [-0.4, -0.2) is 11.1 Å². The van der Waals surface area contributed by atoms with Crippen molar-refractivity contribution in [1.29, 1.82) is 0 Å². The van der Waals surface area contributed by atoms with Gasteiger partial charge >= 0.3 is 0 Å². The van der Waals surface area contributed by atoms with Gasteiger partial charge in [-0.25, -0.2) is 0 Å². The molecule has 2 heteroatoms. The standard InChI is InChI=1S/C13H24N2/c1-5-12(4)15-8-6-7-13(15)10-14-9-11(2)3/h6-8,11-12,14H,5,9-10H2,1-4H3. The zero-order chi connectivity index (χ0) is 11.3. The van der Waals surface area contributed by atoms with Gasteiger partial charge in [0.15, 0.2) is 0 Å². The lowest BCUT2D eigenvalue weighted by Gasteiger charge is -2.16. The summed E-state index contributed by atoms with van der Waals surface area (Å²) in [5.41, 5.74) is 1.39. The minimum Gasteiger partial charge on any atom is -0.347 e. The van der Waals surface area contributed by atoms with E-state index in [0.717, 1.165) is 19.0 Å². The normalized spacial score (nSPS) is 13.4. The summed E-state index contributed by atoms with van der Waals surface area (Å²) in [7, 11) is 0. The van der Waals surface area contributed by atoms with Gasteiger partial charge in [0.05, 0.1) is 0 Å².